The topological polar surface area (TPSA) is 18.5 Å². The standard InChI is InChI=1S/C10H9F6O2P/c11-7(12)9(15)17-4-1-5(3-6(19)2-4)18-10(16)8(13)14/h1-3,7-10H,19H2. The number of ether oxygens (including phenoxy) is 2. The summed E-state index contributed by atoms with van der Waals surface area (Å²) in [5, 5.41) is 0.260. The molecule has 1 rings (SSSR count). The van der Waals surface area contributed by atoms with Crippen molar-refractivity contribution in [2.24, 2.45) is 0 Å². The predicted molar refractivity (Wildman–Crippen MR) is 58.8 cm³/mol. The lowest BCUT2D eigenvalue weighted by Gasteiger charge is -2.14. The quantitative estimate of drug-likeness (QED) is 0.594. The first-order chi connectivity index (χ1) is 8.79. The Morgan fingerprint density at radius 1 is 0.737 bits per heavy atom. The molecule has 19 heavy (non-hydrogen) atoms. The monoisotopic (exact) mass is 306 g/mol. The molecule has 0 aliphatic rings. The largest absolute Gasteiger partial charge is 0.454 e. The molecular formula is C10H9F6O2P. The Hall–Kier alpha value is -1.17. The third-order valence-electron chi connectivity index (χ3n) is 1.80. The zero-order valence-corrected chi connectivity index (χ0v) is 10.4. The van der Waals surface area contributed by atoms with E-state index >= 15 is 0 Å². The van der Waals surface area contributed by atoms with E-state index in [4.69, 9.17) is 0 Å². The summed E-state index contributed by atoms with van der Waals surface area (Å²) < 4.78 is 81.5. The third-order valence-corrected chi connectivity index (χ3v) is 2.13. The van der Waals surface area contributed by atoms with Crippen molar-refractivity contribution in [1.29, 1.82) is 0 Å². The van der Waals surface area contributed by atoms with Gasteiger partial charge in [0.25, 0.3) is 12.7 Å². The maximum atomic E-state index is 12.7. The van der Waals surface area contributed by atoms with Gasteiger partial charge in [-0.15, -0.1) is 9.24 Å². The second-order valence-electron chi connectivity index (χ2n) is 3.34. The average molecular weight is 306 g/mol. The Labute approximate surface area is 106 Å². The SMILES string of the molecule is FC(F)C(F)Oc1cc(P)cc(OC(F)C(F)F)c1. The summed E-state index contributed by atoms with van der Waals surface area (Å²) in [6.07, 6.45) is -12.5. The van der Waals surface area contributed by atoms with Crippen LogP contribution in [0.4, 0.5) is 26.3 Å². The molecule has 2 nitrogen and oxygen atoms in total. The number of hydrogen-bond donors (Lipinski definition) is 0. The maximum absolute atomic E-state index is 12.7. The van der Waals surface area contributed by atoms with Crippen LogP contribution in [0, 0.1) is 0 Å². The van der Waals surface area contributed by atoms with Gasteiger partial charge in [0.05, 0.1) is 0 Å². The molecule has 108 valence electrons. The van der Waals surface area contributed by atoms with Crippen molar-refractivity contribution < 1.29 is 35.8 Å². The predicted octanol–water partition coefficient (Wildman–Crippen LogP) is 3.07. The van der Waals surface area contributed by atoms with Gasteiger partial charge in [0.2, 0.25) is 0 Å². The van der Waals surface area contributed by atoms with Crippen LogP contribution in [-0.4, -0.2) is 25.6 Å². The van der Waals surface area contributed by atoms with Gasteiger partial charge in [-0.3, -0.25) is 0 Å². The lowest BCUT2D eigenvalue weighted by Crippen LogP contribution is -2.21. The highest BCUT2D eigenvalue weighted by atomic mass is 31.0. The molecule has 9 heteroatoms. The van der Waals surface area contributed by atoms with Crippen LogP contribution >= 0.6 is 9.24 Å². The number of rotatable bonds is 6. The molecule has 0 spiro atoms. The maximum Gasteiger partial charge on any atom is 0.304 e. The highest BCUT2D eigenvalue weighted by Gasteiger charge is 2.23. The summed E-state index contributed by atoms with van der Waals surface area (Å²) in [5.74, 6) is -0.784. The zero-order chi connectivity index (χ0) is 14.6. The van der Waals surface area contributed by atoms with Crippen LogP contribution in [-0.2, 0) is 0 Å². The van der Waals surface area contributed by atoms with Gasteiger partial charge in [-0.05, 0) is 17.4 Å². The average Bonchev–Trinajstić information content (AvgIpc) is 2.27. The van der Waals surface area contributed by atoms with Crippen molar-refractivity contribution >= 4 is 14.5 Å². The number of halogens is 6. The van der Waals surface area contributed by atoms with Gasteiger partial charge < -0.3 is 9.47 Å². The first-order valence-electron chi connectivity index (χ1n) is 4.88. The minimum Gasteiger partial charge on any atom is -0.454 e. The van der Waals surface area contributed by atoms with Gasteiger partial charge in [0.1, 0.15) is 11.5 Å². The van der Waals surface area contributed by atoms with Crippen molar-refractivity contribution in [3.05, 3.63) is 18.2 Å². The van der Waals surface area contributed by atoms with E-state index in [1.807, 2.05) is 0 Å². The van der Waals surface area contributed by atoms with Crippen molar-refractivity contribution in [1.82, 2.24) is 0 Å². The van der Waals surface area contributed by atoms with E-state index < -0.39 is 37.1 Å². The molecule has 0 heterocycles. The Morgan fingerprint density at radius 2 is 1.11 bits per heavy atom. The molecule has 0 saturated heterocycles. The van der Waals surface area contributed by atoms with Crippen LogP contribution in [0.3, 0.4) is 0 Å². The molecule has 3 atom stereocenters. The van der Waals surface area contributed by atoms with E-state index in [9.17, 15) is 26.3 Å². The van der Waals surface area contributed by atoms with Crippen molar-refractivity contribution in [3.63, 3.8) is 0 Å². The van der Waals surface area contributed by atoms with E-state index in [0.29, 0.717) is 0 Å². The Balaban J connectivity index is 2.82. The smallest absolute Gasteiger partial charge is 0.304 e. The van der Waals surface area contributed by atoms with E-state index in [1.165, 1.54) is 0 Å². The summed E-state index contributed by atoms with van der Waals surface area (Å²) in [6.45, 7) is 0. The first kappa shape index (κ1) is 15.9. The van der Waals surface area contributed by atoms with Crippen LogP contribution in [0.15, 0.2) is 18.2 Å². The molecule has 0 bridgehead atoms. The van der Waals surface area contributed by atoms with Crippen LogP contribution < -0.4 is 14.8 Å². The number of alkyl halides is 6. The van der Waals surface area contributed by atoms with E-state index in [-0.39, 0.29) is 5.30 Å². The number of hydrogen-bond acceptors (Lipinski definition) is 2. The zero-order valence-electron chi connectivity index (χ0n) is 9.20. The van der Waals surface area contributed by atoms with E-state index in [1.54, 1.807) is 0 Å². The van der Waals surface area contributed by atoms with Gasteiger partial charge >= 0.3 is 12.9 Å². The van der Waals surface area contributed by atoms with Crippen molar-refractivity contribution in [3.8, 4) is 11.5 Å². The summed E-state index contributed by atoms with van der Waals surface area (Å²) in [4.78, 5) is 0. The molecule has 0 amide bonds. The Kier molecular flexibility index (Phi) is 5.72. The van der Waals surface area contributed by atoms with E-state index in [0.717, 1.165) is 18.2 Å². The highest BCUT2D eigenvalue weighted by molar-refractivity contribution is 7.27. The molecule has 0 radical (unpaired) electrons. The summed E-state index contributed by atoms with van der Waals surface area (Å²) in [7, 11) is 2.09. The number of benzene rings is 1. The minimum absolute atomic E-state index is 0.260. The molecule has 0 aromatic heterocycles. The molecule has 0 saturated carbocycles. The fourth-order valence-electron chi connectivity index (χ4n) is 1.09. The normalized spacial score (nSPS) is 14.6. The van der Waals surface area contributed by atoms with Gasteiger partial charge in [0.15, 0.2) is 0 Å². The van der Waals surface area contributed by atoms with Crippen molar-refractivity contribution in [2.45, 2.75) is 25.6 Å². The summed E-state index contributed by atoms with van der Waals surface area (Å²) in [5.41, 5.74) is 0. The molecule has 0 N–H and O–H groups in total. The highest BCUT2D eigenvalue weighted by Crippen LogP contribution is 2.24. The lowest BCUT2D eigenvalue weighted by atomic mass is 10.3. The van der Waals surface area contributed by atoms with Crippen LogP contribution in [0.1, 0.15) is 0 Å². The fourth-order valence-corrected chi connectivity index (χ4v) is 1.42. The summed E-state index contributed by atoms with van der Waals surface area (Å²) in [6, 6.07) is 3.11. The molecule has 3 unspecified atom stereocenters. The Bertz CT molecular complexity index is 383. The van der Waals surface area contributed by atoms with Crippen LogP contribution in [0.5, 0.6) is 11.5 Å². The second-order valence-corrected chi connectivity index (χ2v) is 4.01. The van der Waals surface area contributed by atoms with Crippen molar-refractivity contribution in [2.75, 3.05) is 0 Å². The third kappa shape index (κ3) is 5.14. The first-order valence-corrected chi connectivity index (χ1v) is 5.45. The molecule has 0 aliphatic carbocycles. The molecule has 0 aliphatic heterocycles. The molecule has 1 aromatic rings. The minimum atomic E-state index is -3.37. The lowest BCUT2D eigenvalue weighted by molar-refractivity contribution is -0.0704. The summed E-state index contributed by atoms with van der Waals surface area (Å²) >= 11 is 0. The van der Waals surface area contributed by atoms with Gasteiger partial charge in [-0.1, -0.05) is 0 Å². The molecular weight excluding hydrogens is 297 g/mol. The second kappa shape index (κ2) is 6.84. The van der Waals surface area contributed by atoms with Crippen LogP contribution in [0.2, 0.25) is 0 Å². The molecule has 1 aromatic carbocycles. The molecule has 0 fully saturated rings. The van der Waals surface area contributed by atoms with Gasteiger partial charge in [-0.2, -0.15) is 8.78 Å². The van der Waals surface area contributed by atoms with Gasteiger partial charge in [0, 0.05) is 6.07 Å². The fraction of sp³-hybridized carbons (Fsp3) is 0.400. The Morgan fingerprint density at radius 3 is 1.42 bits per heavy atom. The van der Waals surface area contributed by atoms with Gasteiger partial charge in [-0.25, -0.2) is 17.6 Å². The van der Waals surface area contributed by atoms with Crippen LogP contribution in [0.25, 0.3) is 0 Å². The van der Waals surface area contributed by atoms with E-state index in [2.05, 4.69) is 18.7 Å².